The van der Waals surface area contributed by atoms with E-state index in [0.29, 0.717) is 12.1 Å². The molecule has 0 fully saturated rings. The minimum absolute atomic E-state index is 0.306. The summed E-state index contributed by atoms with van der Waals surface area (Å²) in [7, 11) is 0. The standard InChI is InChI=1S/C18H17NO2/c1-2-8-16(13-12-15-9-4-3-5-10-15)21-18(20)17-11-6-7-14-19-17/h3-7,9-11,14,16H,12-13H2,1H3/t16-/m1/s1. The number of carbonyl (C=O) groups is 1. The summed E-state index contributed by atoms with van der Waals surface area (Å²) in [5.74, 6) is 5.31. The van der Waals surface area contributed by atoms with Crippen molar-refractivity contribution >= 4 is 5.97 Å². The van der Waals surface area contributed by atoms with Crippen LogP contribution in [0.1, 0.15) is 29.4 Å². The molecular weight excluding hydrogens is 262 g/mol. The number of aryl methyl sites for hydroxylation is 1. The van der Waals surface area contributed by atoms with Crippen LogP contribution in [-0.4, -0.2) is 17.1 Å². The van der Waals surface area contributed by atoms with E-state index in [9.17, 15) is 4.79 Å². The molecule has 21 heavy (non-hydrogen) atoms. The Hall–Kier alpha value is -2.60. The number of nitrogens with zero attached hydrogens (tertiary/aromatic N) is 1. The van der Waals surface area contributed by atoms with Crippen LogP contribution in [0.2, 0.25) is 0 Å². The van der Waals surface area contributed by atoms with Crippen LogP contribution in [0.5, 0.6) is 0 Å². The van der Waals surface area contributed by atoms with Crippen LogP contribution in [0, 0.1) is 11.8 Å². The lowest BCUT2D eigenvalue weighted by Gasteiger charge is -2.12. The fourth-order valence-electron chi connectivity index (χ4n) is 1.94. The molecule has 2 aromatic rings. The Labute approximate surface area is 125 Å². The second-order valence-electron chi connectivity index (χ2n) is 4.53. The van der Waals surface area contributed by atoms with Crippen molar-refractivity contribution in [1.82, 2.24) is 4.98 Å². The molecule has 0 aliphatic heterocycles. The van der Waals surface area contributed by atoms with Crippen molar-refractivity contribution in [2.45, 2.75) is 25.9 Å². The Morgan fingerprint density at radius 2 is 1.95 bits per heavy atom. The first-order valence-corrected chi connectivity index (χ1v) is 6.88. The Kier molecular flexibility index (Phi) is 5.54. The Morgan fingerprint density at radius 1 is 1.19 bits per heavy atom. The van der Waals surface area contributed by atoms with E-state index in [4.69, 9.17) is 4.74 Å². The summed E-state index contributed by atoms with van der Waals surface area (Å²) in [6.45, 7) is 1.74. The predicted octanol–water partition coefficient (Wildman–Crippen LogP) is 3.26. The van der Waals surface area contributed by atoms with E-state index in [-0.39, 0.29) is 0 Å². The normalized spacial score (nSPS) is 11.1. The van der Waals surface area contributed by atoms with Crippen molar-refractivity contribution in [2.24, 2.45) is 0 Å². The van der Waals surface area contributed by atoms with Crippen molar-refractivity contribution in [3.8, 4) is 11.8 Å². The first-order chi connectivity index (χ1) is 10.3. The van der Waals surface area contributed by atoms with E-state index >= 15 is 0 Å². The smallest absolute Gasteiger partial charge is 0.358 e. The molecule has 1 aromatic heterocycles. The fraction of sp³-hybridized carbons (Fsp3) is 0.222. The van der Waals surface area contributed by atoms with Crippen LogP contribution in [0.3, 0.4) is 0 Å². The van der Waals surface area contributed by atoms with Gasteiger partial charge in [0.25, 0.3) is 0 Å². The molecular formula is C18H17NO2. The van der Waals surface area contributed by atoms with E-state index in [2.05, 4.69) is 29.0 Å². The van der Waals surface area contributed by atoms with Gasteiger partial charge in [-0.25, -0.2) is 9.78 Å². The second-order valence-corrected chi connectivity index (χ2v) is 4.53. The van der Waals surface area contributed by atoms with Gasteiger partial charge in [0.2, 0.25) is 0 Å². The van der Waals surface area contributed by atoms with Gasteiger partial charge in [-0.1, -0.05) is 42.3 Å². The highest BCUT2D eigenvalue weighted by Gasteiger charge is 2.14. The Balaban J connectivity index is 1.96. The lowest BCUT2D eigenvalue weighted by atomic mass is 10.1. The number of hydrogen-bond donors (Lipinski definition) is 0. The SMILES string of the molecule is CC#C[C@H](CCc1ccccc1)OC(=O)c1ccccn1. The van der Waals surface area contributed by atoms with E-state index < -0.39 is 12.1 Å². The van der Waals surface area contributed by atoms with Crippen LogP contribution in [0.25, 0.3) is 0 Å². The molecule has 1 aromatic carbocycles. The molecule has 0 saturated heterocycles. The summed E-state index contributed by atoms with van der Waals surface area (Å²) in [6, 6.07) is 15.2. The predicted molar refractivity (Wildman–Crippen MR) is 81.7 cm³/mol. The molecule has 0 saturated carbocycles. The third-order valence-corrected chi connectivity index (χ3v) is 2.97. The quantitative estimate of drug-likeness (QED) is 0.623. The summed E-state index contributed by atoms with van der Waals surface area (Å²) >= 11 is 0. The molecule has 1 atom stereocenters. The van der Waals surface area contributed by atoms with Gasteiger partial charge in [-0.05, 0) is 37.5 Å². The molecule has 106 valence electrons. The molecule has 0 amide bonds. The number of pyridine rings is 1. The van der Waals surface area contributed by atoms with Crippen LogP contribution >= 0.6 is 0 Å². The zero-order valence-electron chi connectivity index (χ0n) is 12.0. The van der Waals surface area contributed by atoms with Crippen molar-refractivity contribution in [3.05, 3.63) is 66.0 Å². The summed E-state index contributed by atoms with van der Waals surface area (Å²) in [5.41, 5.74) is 1.51. The van der Waals surface area contributed by atoms with Crippen molar-refractivity contribution in [3.63, 3.8) is 0 Å². The average Bonchev–Trinajstić information content (AvgIpc) is 2.54. The van der Waals surface area contributed by atoms with Gasteiger partial charge in [0.1, 0.15) is 5.69 Å². The van der Waals surface area contributed by atoms with Gasteiger partial charge in [0.15, 0.2) is 6.10 Å². The van der Waals surface area contributed by atoms with Gasteiger partial charge in [0, 0.05) is 6.20 Å². The molecule has 0 N–H and O–H groups in total. The largest absolute Gasteiger partial charge is 0.444 e. The Morgan fingerprint density at radius 3 is 2.62 bits per heavy atom. The molecule has 0 unspecified atom stereocenters. The van der Waals surface area contributed by atoms with E-state index in [1.54, 1.807) is 31.3 Å². The van der Waals surface area contributed by atoms with E-state index in [0.717, 1.165) is 6.42 Å². The second kappa shape index (κ2) is 7.86. The van der Waals surface area contributed by atoms with E-state index in [1.165, 1.54) is 5.56 Å². The van der Waals surface area contributed by atoms with Gasteiger partial charge < -0.3 is 4.74 Å². The van der Waals surface area contributed by atoms with Gasteiger partial charge in [-0.15, -0.1) is 5.92 Å². The van der Waals surface area contributed by atoms with Crippen molar-refractivity contribution < 1.29 is 9.53 Å². The Bertz CT molecular complexity index is 627. The van der Waals surface area contributed by atoms with Crippen molar-refractivity contribution in [1.29, 1.82) is 0 Å². The lowest BCUT2D eigenvalue weighted by Crippen LogP contribution is -2.18. The summed E-state index contributed by atoms with van der Waals surface area (Å²) < 4.78 is 5.42. The zero-order valence-corrected chi connectivity index (χ0v) is 12.0. The number of hydrogen-bond acceptors (Lipinski definition) is 3. The topological polar surface area (TPSA) is 39.2 Å². The first-order valence-electron chi connectivity index (χ1n) is 6.88. The highest BCUT2D eigenvalue weighted by atomic mass is 16.5. The molecule has 0 spiro atoms. The van der Waals surface area contributed by atoms with E-state index in [1.807, 2.05) is 18.2 Å². The molecule has 2 rings (SSSR count). The van der Waals surface area contributed by atoms with Crippen LogP contribution < -0.4 is 0 Å². The number of carbonyl (C=O) groups excluding carboxylic acids is 1. The number of ether oxygens (including phenoxy) is 1. The molecule has 1 heterocycles. The van der Waals surface area contributed by atoms with Gasteiger partial charge in [0.05, 0.1) is 0 Å². The maximum absolute atomic E-state index is 12.0. The summed E-state index contributed by atoms with van der Waals surface area (Å²) in [5, 5.41) is 0. The molecule has 0 bridgehead atoms. The fourth-order valence-corrected chi connectivity index (χ4v) is 1.94. The highest BCUT2D eigenvalue weighted by Crippen LogP contribution is 2.09. The van der Waals surface area contributed by atoms with Gasteiger partial charge in [-0.2, -0.15) is 0 Å². The maximum atomic E-state index is 12.0. The summed E-state index contributed by atoms with van der Waals surface area (Å²) in [6.07, 6.45) is 2.64. The van der Waals surface area contributed by atoms with Gasteiger partial charge >= 0.3 is 5.97 Å². The molecule has 0 aliphatic carbocycles. The number of rotatable bonds is 5. The monoisotopic (exact) mass is 279 g/mol. The third-order valence-electron chi connectivity index (χ3n) is 2.97. The molecule has 0 aliphatic rings. The number of benzene rings is 1. The molecule has 0 radical (unpaired) electrons. The number of aromatic nitrogens is 1. The van der Waals surface area contributed by atoms with Crippen molar-refractivity contribution in [2.75, 3.05) is 0 Å². The molecule has 3 heteroatoms. The van der Waals surface area contributed by atoms with Crippen LogP contribution in [0.15, 0.2) is 54.7 Å². The average molecular weight is 279 g/mol. The summed E-state index contributed by atoms with van der Waals surface area (Å²) in [4.78, 5) is 16.0. The minimum Gasteiger partial charge on any atom is -0.444 e. The highest BCUT2D eigenvalue weighted by molar-refractivity contribution is 5.87. The van der Waals surface area contributed by atoms with Crippen LogP contribution in [0.4, 0.5) is 0 Å². The maximum Gasteiger partial charge on any atom is 0.358 e. The molecule has 3 nitrogen and oxygen atoms in total. The van der Waals surface area contributed by atoms with Gasteiger partial charge in [-0.3, -0.25) is 0 Å². The third kappa shape index (κ3) is 4.77. The number of esters is 1. The van der Waals surface area contributed by atoms with Crippen LogP contribution in [-0.2, 0) is 11.2 Å². The lowest BCUT2D eigenvalue weighted by molar-refractivity contribution is 0.0390. The zero-order chi connectivity index (χ0) is 14.9. The minimum atomic E-state index is -0.434. The first kappa shape index (κ1) is 14.8.